The van der Waals surface area contributed by atoms with E-state index in [0.29, 0.717) is 6.61 Å². The van der Waals surface area contributed by atoms with Gasteiger partial charge in [0.05, 0.1) is 12.2 Å². The number of rotatable bonds is 5. The molecule has 2 aromatic rings. The minimum absolute atomic E-state index is 0.127. The third-order valence-electron chi connectivity index (χ3n) is 5.57. The van der Waals surface area contributed by atoms with Gasteiger partial charge in [0.1, 0.15) is 12.4 Å². The summed E-state index contributed by atoms with van der Waals surface area (Å²) in [7, 11) is 0. The van der Waals surface area contributed by atoms with Gasteiger partial charge in [-0.05, 0) is 53.5 Å². The molecule has 1 N–H and O–H groups in total. The summed E-state index contributed by atoms with van der Waals surface area (Å²) in [6.07, 6.45) is 6.10. The molecule has 0 atom stereocenters. The fourth-order valence-corrected chi connectivity index (χ4v) is 3.61. The summed E-state index contributed by atoms with van der Waals surface area (Å²) in [6, 6.07) is 14.3. The van der Waals surface area contributed by atoms with Crippen LogP contribution in [0, 0.1) is 5.92 Å². The number of amides is 1. The fraction of sp³-hybridized carbons (Fsp3) is 0.400. The maximum absolute atomic E-state index is 12.3. The molecule has 1 saturated carbocycles. The van der Waals surface area contributed by atoms with Gasteiger partial charge >= 0.3 is 0 Å². The van der Waals surface area contributed by atoms with Crippen molar-refractivity contribution in [3.63, 3.8) is 0 Å². The highest BCUT2D eigenvalue weighted by molar-refractivity contribution is 6.02. The van der Waals surface area contributed by atoms with Crippen molar-refractivity contribution in [2.45, 2.75) is 39.0 Å². The molecule has 1 aliphatic heterocycles. The fourth-order valence-electron chi connectivity index (χ4n) is 3.61. The Bertz CT molecular complexity index is 905. The smallest absolute Gasteiger partial charge is 0.248 e. The number of ether oxygens (including phenoxy) is 1. The van der Waals surface area contributed by atoms with Crippen molar-refractivity contribution in [1.82, 2.24) is 0 Å². The number of fused-ring (bicyclic) bond motifs is 1. The van der Waals surface area contributed by atoms with Gasteiger partial charge in [-0.25, -0.2) is 0 Å². The number of anilines is 2. The number of nitrogens with one attached hydrogen (secondary N) is 1. The number of carbonyl (C=O) groups is 1. The number of nitrogens with zero attached hydrogens (tertiary/aromatic N) is 1. The molecule has 2 aliphatic rings. The van der Waals surface area contributed by atoms with E-state index in [9.17, 15) is 4.79 Å². The Balaban J connectivity index is 1.38. The first-order chi connectivity index (χ1) is 13.9. The Labute approximate surface area is 173 Å². The lowest BCUT2D eigenvalue weighted by molar-refractivity contribution is -0.111. The molecule has 0 spiro atoms. The van der Waals surface area contributed by atoms with Crippen LogP contribution in [-0.2, 0) is 10.2 Å². The first-order valence-corrected chi connectivity index (χ1v) is 10.5. The highest BCUT2D eigenvalue weighted by atomic mass is 16.5. The molecule has 0 radical (unpaired) electrons. The van der Waals surface area contributed by atoms with Crippen LogP contribution in [0.5, 0.6) is 5.75 Å². The molecule has 0 unspecified atom stereocenters. The van der Waals surface area contributed by atoms with E-state index in [1.807, 2.05) is 30.3 Å². The van der Waals surface area contributed by atoms with Crippen LogP contribution in [0.3, 0.4) is 0 Å². The Morgan fingerprint density at radius 1 is 1.17 bits per heavy atom. The Morgan fingerprint density at radius 3 is 2.62 bits per heavy atom. The summed E-state index contributed by atoms with van der Waals surface area (Å²) in [6.45, 7) is 9.32. The van der Waals surface area contributed by atoms with E-state index < -0.39 is 0 Å². The Hall–Kier alpha value is -2.75. The lowest BCUT2D eigenvalue weighted by Gasteiger charge is -2.31. The van der Waals surface area contributed by atoms with Crippen molar-refractivity contribution in [2.24, 2.45) is 5.92 Å². The third kappa shape index (κ3) is 5.00. The summed E-state index contributed by atoms with van der Waals surface area (Å²) in [4.78, 5) is 14.8. The molecular weight excluding hydrogens is 360 g/mol. The van der Waals surface area contributed by atoms with E-state index in [0.717, 1.165) is 41.7 Å². The van der Waals surface area contributed by atoms with Crippen molar-refractivity contribution in [2.75, 3.05) is 29.9 Å². The van der Waals surface area contributed by atoms with Crippen molar-refractivity contribution in [1.29, 1.82) is 0 Å². The minimum Gasteiger partial charge on any atom is -0.489 e. The number of carbonyl (C=O) groups excluding carboxylic acids is 1. The van der Waals surface area contributed by atoms with Crippen molar-refractivity contribution in [3.05, 3.63) is 59.7 Å². The molecule has 0 aromatic heterocycles. The molecule has 4 heteroatoms. The van der Waals surface area contributed by atoms with E-state index in [4.69, 9.17) is 4.74 Å². The topological polar surface area (TPSA) is 41.6 Å². The first-order valence-electron chi connectivity index (χ1n) is 10.5. The molecule has 1 heterocycles. The second kappa shape index (κ2) is 7.94. The molecule has 1 aliphatic carbocycles. The molecule has 2 aromatic carbocycles. The molecule has 0 bridgehead atoms. The SMILES string of the molecule is CC(C)(C)c1ccc(/C=C/C(=O)Nc2ccc3c(c2)OCCN3CC2CC2)cc1. The molecule has 29 heavy (non-hydrogen) atoms. The van der Waals surface area contributed by atoms with E-state index in [-0.39, 0.29) is 11.3 Å². The summed E-state index contributed by atoms with van der Waals surface area (Å²) in [5, 5.41) is 2.94. The summed E-state index contributed by atoms with van der Waals surface area (Å²) < 4.78 is 5.83. The van der Waals surface area contributed by atoms with Gasteiger partial charge in [-0.1, -0.05) is 45.0 Å². The van der Waals surface area contributed by atoms with Crippen LogP contribution in [0.2, 0.25) is 0 Å². The van der Waals surface area contributed by atoms with Gasteiger partial charge in [0, 0.05) is 24.4 Å². The predicted octanol–water partition coefficient (Wildman–Crippen LogP) is 5.24. The third-order valence-corrected chi connectivity index (χ3v) is 5.57. The maximum atomic E-state index is 12.3. The van der Waals surface area contributed by atoms with Crippen LogP contribution in [0.1, 0.15) is 44.7 Å². The van der Waals surface area contributed by atoms with E-state index in [1.165, 1.54) is 18.4 Å². The van der Waals surface area contributed by atoms with E-state index in [1.54, 1.807) is 6.08 Å². The lowest BCUT2D eigenvalue weighted by Crippen LogP contribution is -2.34. The van der Waals surface area contributed by atoms with Crippen LogP contribution in [0.15, 0.2) is 48.5 Å². The number of hydrogen-bond donors (Lipinski definition) is 1. The normalized spacial score (nSPS) is 16.4. The van der Waals surface area contributed by atoms with Gasteiger partial charge < -0.3 is 15.0 Å². The Morgan fingerprint density at radius 2 is 1.93 bits per heavy atom. The average Bonchev–Trinajstić information content (AvgIpc) is 3.50. The highest BCUT2D eigenvalue weighted by Crippen LogP contribution is 2.38. The van der Waals surface area contributed by atoms with Gasteiger partial charge in [0.25, 0.3) is 0 Å². The van der Waals surface area contributed by atoms with Crippen molar-refractivity contribution >= 4 is 23.4 Å². The standard InChI is InChI=1S/C25H30N2O2/c1-25(2,3)20-9-6-18(7-10-20)8-13-24(28)26-21-11-12-22-23(16-21)29-15-14-27(22)17-19-4-5-19/h6-13,16,19H,4-5,14-15,17H2,1-3H3,(H,26,28)/b13-8+. The van der Waals surface area contributed by atoms with Crippen molar-refractivity contribution < 1.29 is 9.53 Å². The molecule has 4 rings (SSSR count). The minimum atomic E-state index is -0.143. The quantitative estimate of drug-likeness (QED) is 0.710. The van der Waals surface area contributed by atoms with Gasteiger partial charge in [0.2, 0.25) is 5.91 Å². The summed E-state index contributed by atoms with van der Waals surface area (Å²) in [5.74, 6) is 1.55. The zero-order valence-corrected chi connectivity index (χ0v) is 17.6. The maximum Gasteiger partial charge on any atom is 0.248 e. The van der Waals surface area contributed by atoms with E-state index in [2.05, 4.69) is 49.2 Å². The second-order valence-electron chi connectivity index (χ2n) is 9.11. The molecular formula is C25H30N2O2. The Kier molecular flexibility index (Phi) is 5.35. The van der Waals surface area contributed by atoms with Crippen molar-refractivity contribution in [3.8, 4) is 5.75 Å². The largest absolute Gasteiger partial charge is 0.489 e. The van der Waals surface area contributed by atoms with Crippen LogP contribution < -0.4 is 15.0 Å². The van der Waals surface area contributed by atoms with Gasteiger partial charge in [-0.3, -0.25) is 4.79 Å². The molecule has 1 fully saturated rings. The van der Waals surface area contributed by atoms with Crippen LogP contribution >= 0.6 is 0 Å². The number of benzene rings is 2. The monoisotopic (exact) mass is 390 g/mol. The van der Waals surface area contributed by atoms with Crippen LogP contribution in [-0.4, -0.2) is 25.6 Å². The highest BCUT2D eigenvalue weighted by Gasteiger charge is 2.27. The second-order valence-corrected chi connectivity index (χ2v) is 9.11. The van der Waals surface area contributed by atoms with E-state index >= 15 is 0 Å². The predicted molar refractivity (Wildman–Crippen MR) is 120 cm³/mol. The first kappa shape index (κ1) is 19.6. The molecule has 1 amide bonds. The molecule has 152 valence electrons. The zero-order valence-electron chi connectivity index (χ0n) is 17.6. The van der Waals surface area contributed by atoms with Gasteiger partial charge in [-0.2, -0.15) is 0 Å². The lowest BCUT2D eigenvalue weighted by atomic mass is 9.87. The molecule has 0 saturated heterocycles. The average molecular weight is 391 g/mol. The molecule has 4 nitrogen and oxygen atoms in total. The summed E-state index contributed by atoms with van der Waals surface area (Å²) in [5.41, 5.74) is 4.31. The zero-order chi connectivity index (χ0) is 20.4. The van der Waals surface area contributed by atoms with Gasteiger partial charge in [-0.15, -0.1) is 0 Å². The van der Waals surface area contributed by atoms with Crippen LogP contribution in [0.25, 0.3) is 6.08 Å². The summed E-state index contributed by atoms with van der Waals surface area (Å²) >= 11 is 0. The number of hydrogen-bond acceptors (Lipinski definition) is 3. The van der Waals surface area contributed by atoms with Gasteiger partial charge in [0.15, 0.2) is 0 Å². The van der Waals surface area contributed by atoms with Crippen LogP contribution in [0.4, 0.5) is 11.4 Å².